The maximum absolute atomic E-state index is 13.0. The Labute approximate surface area is 178 Å². The zero-order valence-corrected chi connectivity index (χ0v) is 18.2. The predicted molar refractivity (Wildman–Crippen MR) is 118 cm³/mol. The van der Waals surface area contributed by atoms with E-state index in [0.717, 1.165) is 27.0 Å². The minimum atomic E-state index is -0.440. The van der Waals surface area contributed by atoms with E-state index in [1.165, 1.54) is 11.6 Å². The van der Waals surface area contributed by atoms with E-state index in [2.05, 4.69) is 4.98 Å². The Balaban J connectivity index is 1.92. The molecule has 8 nitrogen and oxygen atoms in total. The quantitative estimate of drug-likeness (QED) is 0.496. The Kier molecular flexibility index (Phi) is 5.14. The fourth-order valence-corrected chi connectivity index (χ4v) is 3.66. The number of hydrogen-bond acceptors (Lipinski definition) is 5. The van der Waals surface area contributed by atoms with Crippen LogP contribution in [0.3, 0.4) is 0 Å². The highest BCUT2D eigenvalue weighted by Gasteiger charge is 2.21. The second kappa shape index (κ2) is 7.79. The van der Waals surface area contributed by atoms with Crippen molar-refractivity contribution >= 4 is 11.2 Å². The van der Waals surface area contributed by atoms with Crippen LogP contribution >= 0.6 is 0 Å². The molecule has 0 unspecified atom stereocenters. The minimum Gasteiger partial charge on any atom is -0.497 e. The van der Waals surface area contributed by atoms with E-state index in [9.17, 15) is 9.59 Å². The molecule has 160 valence electrons. The lowest BCUT2D eigenvalue weighted by atomic mass is 10.1. The van der Waals surface area contributed by atoms with Crippen LogP contribution in [-0.4, -0.2) is 25.8 Å². The summed E-state index contributed by atoms with van der Waals surface area (Å²) in [5.41, 5.74) is 2.76. The average molecular weight is 420 g/mol. The summed E-state index contributed by atoms with van der Waals surface area (Å²) in [5.74, 6) is 1.36. The van der Waals surface area contributed by atoms with E-state index in [0.29, 0.717) is 17.8 Å². The molecule has 4 aromatic rings. The summed E-state index contributed by atoms with van der Waals surface area (Å²) in [4.78, 5) is 29.9. The van der Waals surface area contributed by atoms with Crippen LogP contribution in [-0.2, 0) is 20.6 Å². The van der Waals surface area contributed by atoms with E-state index in [-0.39, 0.29) is 11.7 Å². The summed E-state index contributed by atoms with van der Waals surface area (Å²) in [7, 11) is 4.66. The van der Waals surface area contributed by atoms with Crippen molar-refractivity contribution in [2.45, 2.75) is 20.4 Å². The number of aromatic nitrogens is 4. The molecule has 0 aliphatic rings. The van der Waals surface area contributed by atoms with Gasteiger partial charge in [0.1, 0.15) is 11.5 Å². The van der Waals surface area contributed by atoms with Gasteiger partial charge in [-0.3, -0.25) is 18.5 Å². The van der Waals surface area contributed by atoms with Crippen molar-refractivity contribution in [3.63, 3.8) is 0 Å². The van der Waals surface area contributed by atoms with Crippen LogP contribution in [0, 0.1) is 13.8 Å². The van der Waals surface area contributed by atoms with Gasteiger partial charge >= 0.3 is 11.7 Å². The molecule has 2 aromatic carbocycles. The molecule has 0 aliphatic carbocycles. The molecule has 0 fully saturated rings. The van der Waals surface area contributed by atoms with Crippen molar-refractivity contribution in [3.05, 3.63) is 80.0 Å². The molecule has 0 saturated heterocycles. The van der Waals surface area contributed by atoms with Gasteiger partial charge < -0.3 is 9.47 Å². The number of nitrogens with zero attached hydrogens (tertiary/aromatic N) is 4. The summed E-state index contributed by atoms with van der Waals surface area (Å²) < 4.78 is 15.5. The van der Waals surface area contributed by atoms with Crippen LogP contribution in [0.5, 0.6) is 17.5 Å². The van der Waals surface area contributed by atoms with Gasteiger partial charge in [-0.05, 0) is 54.8 Å². The highest BCUT2D eigenvalue weighted by molar-refractivity contribution is 5.72. The summed E-state index contributed by atoms with van der Waals surface area (Å²) in [6.45, 7) is 4.31. The smallest absolute Gasteiger partial charge is 0.332 e. The lowest BCUT2D eigenvalue weighted by Gasteiger charge is -2.11. The van der Waals surface area contributed by atoms with Crippen LogP contribution < -0.4 is 20.7 Å². The van der Waals surface area contributed by atoms with E-state index >= 15 is 0 Å². The highest BCUT2D eigenvalue weighted by Crippen LogP contribution is 2.27. The summed E-state index contributed by atoms with van der Waals surface area (Å²) in [6, 6.07) is 13.6. The Morgan fingerprint density at radius 1 is 0.903 bits per heavy atom. The standard InChI is InChI=1S/C23H24N4O4/c1-14-10-15(2)12-18(11-14)31-22-24-20-19(21(28)26(4)23(29)25(20)3)27(22)13-16-6-8-17(30-5)9-7-16/h6-12H,13H2,1-5H3. The van der Waals surface area contributed by atoms with Crippen LogP contribution in [0.25, 0.3) is 11.2 Å². The SMILES string of the molecule is COc1ccc(Cn2c(Oc3cc(C)cc(C)c3)nc3c2c(=O)n(C)c(=O)n3C)cc1. The summed E-state index contributed by atoms with van der Waals surface area (Å²) in [6.07, 6.45) is 0. The van der Waals surface area contributed by atoms with Gasteiger partial charge in [-0.15, -0.1) is 0 Å². The van der Waals surface area contributed by atoms with Gasteiger partial charge in [-0.1, -0.05) is 18.2 Å². The largest absolute Gasteiger partial charge is 0.497 e. The van der Waals surface area contributed by atoms with Crippen molar-refractivity contribution < 1.29 is 9.47 Å². The van der Waals surface area contributed by atoms with Gasteiger partial charge in [-0.2, -0.15) is 4.98 Å². The number of fused-ring (bicyclic) bond motifs is 1. The minimum absolute atomic E-state index is 0.245. The predicted octanol–water partition coefficient (Wildman–Crippen LogP) is 2.90. The van der Waals surface area contributed by atoms with Crippen molar-refractivity contribution in [2.75, 3.05) is 7.11 Å². The molecular weight excluding hydrogens is 396 g/mol. The van der Waals surface area contributed by atoms with Gasteiger partial charge in [0.25, 0.3) is 5.56 Å². The van der Waals surface area contributed by atoms with Gasteiger partial charge in [-0.25, -0.2) is 4.79 Å². The first kappa shape index (κ1) is 20.5. The number of hydrogen-bond donors (Lipinski definition) is 0. The monoisotopic (exact) mass is 420 g/mol. The topological polar surface area (TPSA) is 80.3 Å². The third-order valence-electron chi connectivity index (χ3n) is 5.22. The molecule has 8 heteroatoms. The lowest BCUT2D eigenvalue weighted by Crippen LogP contribution is -2.37. The molecule has 2 aromatic heterocycles. The highest BCUT2D eigenvalue weighted by atomic mass is 16.5. The van der Waals surface area contributed by atoms with Crippen LogP contribution in [0.1, 0.15) is 16.7 Å². The molecule has 31 heavy (non-hydrogen) atoms. The third-order valence-corrected chi connectivity index (χ3v) is 5.22. The van der Waals surface area contributed by atoms with Crippen molar-refractivity contribution in [1.82, 2.24) is 18.7 Å². The van der Waals surface area contributed by atoms with Gasteiger partial charge in [0.15, 0.2) is 11.2 Å². The molecule has 0 saturated carbocycles. The molecule has 0 amide bonds. The molecule has 4 rings (SSSR count). The number of rotatable bonds is 5. The number of benzene rings is 2. The first-order valence-electron chi connectivity index (χ1n) is 9.84. The van der Waals surface area contributed by atoms with Gasteiger partial charge in [0, 0.05) is 14.1 Å². The number of aryl methyl sites for hydroxylation is 3. The first-order chi connectivity index (χ1) is 14.8. The summed E-state index contributed by atoms with van der Waals surface area (Å²) >= 11 is 0. The molecule has 0 bridgehead atoms. The Bertz CT molecular complexity index is 1370. The van der Waals surface area contributed by atoms with E-state index < -0.39 is 11.2 Å². The van der Waals surface area contributed by atoms with E-state index in [1.54, 1.807) is 18.7 Å². The number of imidazole rings is 1. The zero-order chi connectivity index (χ0) is 22.3. The second-order valence-electron chi connectivity index (χ2n) is 7.63. The van der Waals surface area contributed by atoms with Crippen molar-refractivity contribution in [2.24, 2.45) is 14.1 Å². The second-order valence-corrected chi connectivity index (χ2v) is 7.63. The number of methoxy groups -OCH3 is 1. The van der Waals surface area contributed by atoms with E-state index in [4.69, 9.17) is 9.47 Å². The zero-order valence-electron chi connectivity index (χ0n) is 18.2. The van der Waals surface area contributed by atoms with Crippen molar-refractivity contribution in [1.29, 1.82) is 0 Å². The molecule has 0 aliphatic heterocycles. The lowest BCUT2D eigenvalue weighted by molar-refractivity contribution is 0.414. The summed E-state index contributed by atoms with van der Waals surface area (Å²) in [5, 5.41) is 0. The van der Waals surface area contributed by atoms with Gasteiger partial charge in [0.05, 0.1) is 13.7 Å². The van der Waals surface area contributed by atoms with Crippen LogP contribution in [0.2, 0.25) is 0 Å². The maximum Gasteiger partial charge on any atom is 0.332 e. The Hall–Kier alpha value is -3.81. The normalized spacial score (nSPS) is 11.1. The Morgan fingerprint density at radius 3 is 2.16 bits per heavy atom. The fourth-order valence-electron chi connectivity index (χ4n) is 3.66. The Morgan fingerprint density at radius 2 is 1.55 bits per heavy atom. The molecule has 0 atom stereocenters. The molecule has 0 N–H and O–H groups in total. The van der Waals surface area contributed by atoms with Gasteiger partial charge in [0.2, 0.25) is 0 Å². The molecule has 0 spiro atoms. The first-order valence-corrected chi connectivity index (χ1v) is 9.84. The fraction of sp³-hybridized carbons (Fsp3) is 0.261. The number of ether oxygens (including phenoxy) is 2. The molecule has 0 radical (unpaired) electrons. The van der Waals surface area contributed by atoms with Crippen LogP contribution in [0.15, 0.2) is 52.1 Å². The van der Waals surface area contributed by atoms with Crippen molar-refractivity contribution in [3.8, 4) is 17.5 Å². The average Bonchev–Trinajstić information content (AvgIpc) is 3.08. The molecule has 2 heterocycles. The van der Waals surface area contributed by atoms with E-state index in [1.807, 2.05) is 56.3 Å². The molecular formula is C23H24N4O4. The maximum atomic E-state index is 13.0. The van der Waals surface area contributed by atoms with Crippen LogP contribution in [0.4, 0.5) is 0 Å². The third kappa shape index (κ3) is 3.72.